The highest BCUT2D eigenvalue weighted by Gasteiger charge is 2.30. The Balaban J connectivity index is 1.56. The van der Waals surface area contributed by atoms with Crippen LogP contribution in [-0.2, 0) is 16.1 Å². The summed E-state index contributed by atoms with van der Waals surface area (Å²) in [6, 6.07) is 14.5. The number of benzene rings is 2. The molecule has 154 valence electrons. The minimum absolute atomic E-state index is 0.149. The molecule has 1 aliphatic heterocycles. The van der Waals surface area contributed by atoms with Crippen LogP contribution < -0.4 is 5.32 Å². The van der Waals surface area contributed by atoms with Crippen LogP contribution >= 0.6 is 11.6 Å². The Bertz CT molecular complexity index is 869. The summed E-state index contributed by atoms with van der Waals surface area (Å²) in [5.41, 5.74) is 4.01. The van der Waals surface area contributed by atoms with Gasteiger partial charge in [-0.2, -0.15) is 0 Å². The van der Waals surface area contributed by atoms with Gasteiger partial charge in [0.25, 0.3) is 0 Å². The standard InChI is InChI=1S/C24H29ClN2O2/c1-18-16-19(6-10-23(18)25)7-11-24(28)26-21-8-4-20(5-9-21)17-27(2,3)22-12-14-29-15-13-22/h4-11,16,22H,12-15,17H2,1-3H3/p+1/b11-7+. The summed E-state index contributed by atoms with van der Waals surface area (Å²) in [4.78, 5) is 12.2. The number of halogens is 1. The third-order valence-corrected chi connectivity index (χ3v) is 6.02. The quantitative estimate of drug-likeness (QED) is 0.531. The molecular weight excluding hydrogens is 384 g/mol. The number of ether oxygens (including phenoxy) is 1. The first-order valence-electron chi connectivity index (χ1n) is 10.1. The van der Waals surface area contributed by atoms with E-state index < -0.39 is 0 Å². The molecule has 0 saturated carbocycles. The minimum atomic E-state index is -0.149. The van der Waals surface area contributed by atoms with E-state index in [0.717, 1.165) is 58.9 Å². The normalized spacial score (nSPS) is 15.6. The topological polar surface area (TPSA) is 38.3 Å². The maximum Gasteiger partial charge on any atom is 0.248 e. The van der Waals surface area contributed by atoms with Crippen LogP contribution in [0.25, 0.3) is 6.08 Å². The third-order valence-electron chi connectivity index (χ3n) is 5.60. The lowest BCUT2D eigenvalue weighted by molar-refractivity contribution is -0.929. The number of rotatable bonds is 6. The molecule has 2 aromatic carbocycles. The number of anilines is 1. The van der Waals surface area contributed by atoms with Crippen molar-refractivity contribution < 1.29 is 14.0 Å². The molecule has 0 aliphatic carbocycles. The molecule has 1 saturated heterocycles. The van der Waals surface area contributed by atoms with E-state index in [-0.39, 0.29) is 5.91 Å². The van der Waals surface area contributed by atoms with Gasteiger partial charge in [0.05, 0.1) is 33.4 Å². The second kappa shape index (κ2) is 9.57. The molecule has 0 unspecified atom stereocenters. The van der Waals surface area contributed by atoms with Gasteiger partial charge in [0.1, 0.15) is 6.54 Å². The van der Waals surface area contributed by atoms with Crippen LogP contribution in [0.1, 0.15) is 29.5 Å². The van der Waals surface area contributed by atoms with E-state index in [0.29, 0.717) is 6.04 Å². The fourth-order valence-corrected chi connectivity index (χ4v) is 3.92. The molecule has 1 heterocycles. The van der Waals surface area contributed by atoms with Crippen LogP contribution in [0, 0.1) is 6.92 Å². The van der Waals surface area contributed by atoms with Crippen LogP contribution in [0.15, 0.2) is 48.5 Å². The second-order valence-electron chi connectivity index (χ2n) is 8.31. The first kappa shape index (κ1) is 21.6. The van der Waals surface area contributed by atoms with Crippen LogP contribution in [0.2, 0.25) is 5.02 Å². The molecule has 0 spiro atoms. The lowest BCUT2D eigenvalue weighted by Gasteiger charge is -2.40. The molecule has 5 heteroatoms. The molecule has 0 bridgehead atoms. The Morgan fingerprint density at radius 1 is 1.17 bits per heavy atom. The summed E-state index contributed by atoms with van der Waals surface area (Å²) in [5, 5.41) is 3.65. The van der Waals surface area contributed by atoms with Crippen LogP contribution in [0.3, 0.4) is 0 Å². The molecule has 1 aliphatic rings. The average molecular weight is 414 g/mol. The number of aryl methyl sites for hydroxylation is 1. The van der Waals surface area contributed by atoms with Crippen molar-refractivity contribution in [1.82, 2.24) is 0 Å². The number of hydrogen-bond donors (Lipinski definition) is 1. The maximum atomic E-state index is 12.2. The summed E-state index contributed by atoms with van der Waals surface area (Å²) >= 11 is 6.04. The first-order chi connectivity index (χ1) is 13.8. The minimum Gasteiger partial charge on any atom is -0.381 e. The van der Waals surface area contributed by atoms with E-state index in [9.17, 15) is 4.79 Å². The van der Waals surface area contributed by atoms with Gasteiger partial charge in [0.2, 0.25) is 5.91 Å². The Hall–Kier alpha value is -2.14. The Morgan fingerprint density at radius 2 is 1.86 bits per heavy atom. The number of carbonyl (C=O) groups is 1. The number of amides is 1. The van der Waals surface area contributed by atoms with E-state index in [2.05, 4.69) is 31.5 Å². The van der Waals surface area contributed by atoms with Crippen molar-refractivity contribution in [1.29, 1.82) is 0 Å². The highest BCUT2D eigenvalue weighted by molar-refractivity contribution is 6.31. The summed E-state index contributed by atoms with van der Waals surface area (Å²) < 4.78 is 6.45. The maximum absolute atomic E-state index is 12.2. The Labute approximate surface area is 178 Å². The highest BCUT2D eigenvalue weighted by atomic mass is 35.5. The Morgan fingerprint density at radius 3 is 2.52 bits per heavy atom. The van der Waals surface area contributed by atoms with Gasteiger partial charge < -0.3 is 14.5 Å². The molecule has 2 aromatic rings. The van der Waals surface area contributed by atoms with E-state index >= 15 is 0 Å². The number of nitrogens with zero attached hydrogens (tertiary/aromatic N) is 1. The fraction of sp³-hybridized carbons (Fsp3) is 0.375. The van der Waals surface area contributed by atoms with Gasteiger partial charge in [-0.05, 0) is 42.3 Å². The first-order valence-corrected chi connectivity index (χ1v) is 10.5. The molecule has 3 rings (SSSR count). The predicted molar refractivity (Wildman–Crippen MR) is 120 cm³/mol. The van der Waals surface area contributed by atoms with Gasteiger partial charge >= 0.3 is 0 Å². The molecule has 1 amide bonds. The molecule has 1 N–H and O–H groups in total. The van der Waals surface area contributed by atoms with Crippen molar-refractivity contribution in [3.8, 4) is 0 Å². The Kier molecular flexibility index (Phi) is 7.12. The van der Waals surface area contributed by atoms with Crippen LogP contribution in [-0.4, -0.2) is 43.7 Å². The lowest BCUT2D eigenvalue weighted by atomic mass is 10.0. The molecule has 29 heavy (non-hydrogen) atoms. The van der Waals surface area contributed by atoms with Crippen molar-refractivity contribution in [3.63, 3.8) is 0 Å². The lowest BCUT2D eigenvalue weighted by Crippen LogP contribution is -2.50. The monoisotopic (exact) mass is 413 g/mol. The van der Waals surface area contributed by atoms with Crippen molar-refractivity contribution in [3.05, 3.63) is 70.3 Å². The SMILES string of the molecule is Cc1cc(/C=C/C(=O)Nc2ccc(C[N+](C)(C)C3CCOCC3)cc2)ccc1Cl. The van der Waals surface area contributed by atoms with Gasteiger partial charge in [-0.15, -0.1) is 0 Å². The zero-order valence-electron chi connectivity index (χ0n) is 17.5. The van der Waals surface area contributed by atoms with Gasteiger partial charge in [0, 0.05) is 35.2 Å². The average Bonchev–Trinajstić information content (AvgIpc) is 2.71. The molecule has 0 atom stereocenters. The zero-order valence-corrected chi connectivity index (χ0v) is 18.2. The molecule has 0 aromatic heterocycles. The smallest absolute Gasteiger partial charge is 0.248 e. The van der Waals surface area contributed by atoms with Crippen molar-refractivity contribution >= 4 is 29.3 Å². The number of quaternary nitrogens is 1. The van der Waals surface area contributed by atoms with Crippen LogP contribution in [0.4, 0.5) is 5.69 Å². The summed E-state index contributed by atoms with van der Waals surface area (Å²) in [7, 11) is 4.57. The van der Waals surface area contributed by atoms with Crippen molar-refractivity contribution in [2.75, 3.05) is 32.6 Å². The summed E-state index contributed by atoms with van der Waals surface area (Å²) in [6.45, 7) is 4.64. The van der Waals surface area contributed by atoms with E-state index in [4.69, 9.17) is 16.3 Å². The van der Waals surface area contributed by atoms with Gasteiger partial charge in [0.15, 0.2) is 0 Å². The molecule has 4 nitrogen and oxygen atoms in total. The number of carbonyl (C=O) groups excluding carboxylic acids is 1. The van der Waals surface area contributed by atoms with Crippen molar-refractivity contribution in [2.45, 2.75) is 32.4 Å². The van der Waals surface area contributed by atoms with E-state index in [1.807, 2.05) is 37.3 Å². The van der Waals surface area contributed by atoms with Gasteiger partial charge in [-0.3, -0.25) is 4.79 Å². The highest BCUT2D eigenvalue weighted by Crippen LogP contribution is 2.23. The van der Waals surface area contributed by atoms with E-state index in [1.54, 1.807) is 12.2 Å². The van der Waals surface area contributed by atoms with Crippen molar-refractivity contribution in [2.24, 2.45) is 0 Å². The molecule has 1 fully saturated rings. The number of hydrogen-bond acceptors (Lipinski definition) is 2. The third kappa shape index (κ3) is 6.17. The predicted octanol–water partition coefficient (Wildman–Crippen LogP) is 5.06. The van der Waals surface area contributed by atoms with Gasteiger partial charge in [-0.25, -0.2) is 0 Å². The molecule has 0 radical (unpaired) electrons. The molecular formula is C24H30ClN2O2+. The summed E-state index contributed by atoms with van der Waals surface area (Å²) in [6.07, 6.45) is 5.56. The summed E-state index contributed by atoms with van der Waals surface area (Å²) in [5.74, 6) is -0.149. The van der Waals surface area contributed by atoms with Crippen LogP contribution in [0.5, 0.6) is 0 Å². The fourth-order valence-electron chi connectivity index (χ4n) is 3.80. The number of nitrogens with one attached hydrogen (secondary N) is 1. The second-order valence-corrected chi connectivity index (χ2v) is 8.72. The van der Waals surface area contributed by atoms with Gasteiger partial charge in [-0.1, -0.05) is 35.9 Å². The zero-order chi connectivity index (χ0) is 20.9. The van der Waals surface area contributed by atoms with E-state index in [1.165, 1.54) is 5.56 Å². The largest absolute Gasteiger partial charge is 0.381 e.